The maximum Gasteiger partial charge on any atom is 0.321 e. The number of fused-ring (bicyclic) bond motifs is 4. The summed E-state index contributed by atoms with van der Waals surface area (Å²) < 4.78 is 11.0. The first-order chi connectivity index (χ1) is 31.1. The summed E-state index contributed by atoms with van der Waals surface area (Å²) in [6, 6.07) is 0. The van der Waals surface area contributed by atoms with Gasteiger partial charge >= 0.3 is 11.9 Å². The van der Waals surface area contributed by atoms with Gasteiger partial charge in [-0.1, -0.05) is 105 Å². The van der Waals surface area contributed by atoms with E-state index in [9.17, 15) is 19.5 Å². The molecule has 1 saturated carbocycles. The first kappa shape index (κ1) is 49.3. The molecule has 348 valence electrons. The Hall–Kier alpha value is -5.09. The Morgan fingerprint density at radius 1 is 0.846 bits per heavy atom. The summed E-state index contributed by atoms with van der Waals surface area (Å²) in [4.78, 5) is 61.7. The van der Waals surface area contributed by atoms with Crippen LogP contribution in [0.2, 0.25) is 0 Å². The molecule has 0 aromatic rings. The molecule has 5 atom stereocenters. The van der Waals surface area contributed by atoms with Gasteiger partial charge in [-0.25, -0.2) is 15.0 Å². The lowest BCUT2D eigenvalue weighted by atomic mass is 9.83. The second-order valence-corrected chi connectivity index (χ2v) is 19.4. The predicted octanol–water partition coefficient (Wildman–Crippen LogP) is 11.6. The van der Waals surface area contributed by atoms with Crippen molar-refractivity contribution in [3.05, 3.63) is 104 Å². The Bertz CT molecular complexity index is 2350. The van der Waals surface area contributed by atoms with Gasteiger partial charge in [0, 0.05) is 46.3 Å². The van der Waals surface area contributed by atoms with Crippen molar-refractivity contribution in [3.63, 3.8) is 0 Å². The summed E-state index contributed by atoms with van der Waals surface area (Å²) in [7, 11) is 1.28. The zero-order chi connectivity index (χ0) is 47.1. The molecule has 0 spiro atoms. The highest BCUT2D eigenvalue weighted by Crippen LogP contribution is 2.47. The van der Waals surface area contributed by atoms with E-state index in [-0.39, 0.29) is 37.4 Å². The van der Waals surface area contributed by atoms with Gasteiger partial charge in [0.15, 0.2) is 5.78 Å². The topological polar surface area (TPSA) is 139 Å². The molecule has 5 heterocycles. The molecule has 0 aromatic carbocycles. The van der Waals surface area contributed by atoms with Crippen LogP contribution in [0, 0.1) is 35.5 Å². The number of Topliss-reactive ketones (excluding diaryl/α,β-unsaturated/α-hetero) is 1. The van der Waals surface area contributed by atoms with Crippen LogP contribution in [0.25, 0.3) is 0 Å². The number of aliphatic imine (C=N–C) groups is 4. The van der Waals surface area contributed by atoms with Gasteiger partial charge in [0.2, 0.25) is 0 Å². The van der Waals surface area contributed by atoms with Crippen molar-refractivity contribution in [1.82, 2.24) is 0 Å². The van der Waals surface area contributed by atoms with Crippen LogP contribution in [0.5, 0.6) is 0 Å². The minimum absolute atomic E-state index is 0.122. The smallest absolute Gasteiger partial charge is 0.321 e. The van der Waals surface area contributed by atoms with E-state index >= 15 is 0 Å². The van der Waals surface area contributed by atoms with Crippen LogP contribution in [-0.4, -0.2) is 66.0 Å². The third-order valence-electron chi connectivity index (χ3n) is 14.2. The average molecular weight is 885 g/mol. The Labute approximate surface area is 387 Å². The number of esters is 2. The van der Waals surface area contributed by atoms with E-state index in [1.807, 2.05) is 45.1 Å². The van der Waals surface area contributed by atoms with Gasteiger partial charge in [-0.2, -0.15) is 0 Å². The van der Waals surface area contributed by atoms with Gasteiger partial charge in [-0.05, 0) is 105 Å². The number of aliphatic hydroxyl groups is 1. The first-order valence-corrected chi connectivity index (χ1v) is 24.2. The molecule has 65 heavy (non-hydrogen) atoms. The fourth-order valence-corrected chi connectivity index (χ4v) is 10.1. The second-order valence-electron chi connectivity index (χ2n) is 19.4. The molecule has 6 rings (SSSR count). The largest absolute Gasteiger partial charge is 0.468 e. The maximum atomic E-state index is 14.4. The van der Waals surface area contributed by atoms with E-state index < -0.39 is 17.7 Å². The highest BCUT2D eigenvalue weighted by Gasteiger charge is 2.51. The summed E-state index contributed by atoms with van der Waals surface area (Å²) in [5, 5.41) is 10.6. The molecule has 5 aliphatic heterocycles. The Morgan fingerprint density at radius 3 is 2.14 bits per heavy atom. The molecule has 1 N–H and O–H groups in total. The molecule has 0 saturated heterocycles. The van der Waals surface area contributed by atoms with Crippen LogP contribution in [0.15, 0.2) is 124 Å². The number of aliphatic hydroxyl groups excluding tert-OH is 1. The van der Waals surface area contributed by atoms with Crippen molar-refractivity contribution in [1.29, 1.82) is 0 Å². The number of hydrogen-bond donors (Lipinski definition) is 1. The molecular formula is C55H72N4O6. The van der Waals surface area contributed by atoms with Gasteiger partial charge < -0.3 is 14.6 Å². The minimum atomic E-state index is -1.25. The molecule has 8 bridgehead atoms. The number of hydrogen-bond acceptors (Lipinski definition) is 10. The molecule has 10 heteroatoms. The third kappa shape index (κ3) is 11.0. The molecule has 0 aromatic heterocycles. The minimum Gasteiger partial charge on any atom is -0.468 e. The van der Waals surface area contributed by atoms with Gasteiger partial charge in [0.1, 0.15) is 12.5 Å². The highest BCUT2D eigenvalue weighted by molar-refractivity contribution is 6.43. The number of nitrogens with zero attached hydrogens (tertiary/aromatic N) is 4. The molecule has 6 aliphatic rings. The maximum absolute atomic E-state index is 14.4. The second kappa shape index (κ2) is 21.9. The quantitative estimate of drug-likeness (QED) is 0.0692. The number of ketones is 1. The van der Waals surface area contributed by atoms with Crippen LogP contribution < -0.4 is 0 Å². The lowest BCUT2D eigenvalue weighted by Crippen LogP contribution is -2.25. The standard InChI is InChI=1S/C55H72N4O6/c1-12-38-35(8)42-27-43-36(9)40(23-24-48(61)65-26-25-34(7)22-16-21-33(6)20-15-19-32(5)18-14-17-31(3)4)52(58-43)50-51(55(63)64-11)54(62)49-37(10)44(59-53(49)50)28-46-39(13-2)41(30-60)47(57-46)29-45(38)56-42/h12,25,27-29,31-33,36,40,51,60H,1,13-24,26,30H2,2-11H3/t32-,33-,36+,40+,51-/m1/s1. The van der Waals surface area contributed by atoms with Crippen molar-refractivity contribution in [3.8, 4) is 0 Å². The van der Waals surface area contributed by atoms with Crippen LogP contribution in [0.3, 0.4) is 0 Å². The number of methoxy groups -OCH3 is 1. The normalized spacial score (nSPS) is 22.6. The molecule has 1 fully saturated rings. The summed E-state index contributed by atoms with van der Waals surface area (Å²) in [5.74, 6) is -0.904. The van der Waals surface area contributed by atoms with Crippen molar-refractivity contribution >= 4 is 40.6 Å². The molecular weight excluding hydrogens is 813 g/mol. The van der Waals surface area contributed by atoms with E-state index in [1.165, 1.54) is 57.6 Å². The van der Waals surface area contributed by atoms with Crippen molar-refractivity contribution in [2.75, 3.05) is 20.3 Å². The predicted molar refractivity (Wildman–Crippen MR) is 263 cm³/mol. The third-order valence-corrected chi connectivity index (χ3v) is 14.2. The van der Waals surface area contributed by atoms with Crippen molar-refractivity contribution in [2.24, 2.45) is 55.5 Å². The molecule has 1 aliphatic carbocycles. The monoisotopic (exact) mass is 885 g/mol. The number of allylic oxidation sites excluding steroid dienone is 11. The Morgan fingerprint density at radius 2 is 1.49 bits per heavy atom. The number of carbonyl (C=O) groups is 3. The van der Waals surface area contributed by atoms with Gasteiger partial charge in [-0.3, -0.25) is 19.4 Å². The summed E-state index contributed by atoms with van der Waals surface area (Å²) >= 11 is 0. The number of rotatable bonds is 21. The zero-order valence-corrected chi connectivity index (χ0v) is 40.7. The number of carbonyl (C=O) groups excluding carboxylic acids is 3. The summed E-state index contributed by atoms with van der Waals surface area (Å²) in [6.07, 6.45) is 21.8. The van der Waals surface area contributed by atoms with Crippen molar-refractivity contribution < 1.29 is 29.0 Å². The Balaban J connectivity index is 1.21. The van der Waals surface area contributed by atoms with Crippen LogP contribution in [-0.2, 0) is 23.9 Å². The molecule has 0 radical (unpaired) electrons. The van der Waals surface area contributed by atoms with E-state index in [4.69, 9.17) is 29.4 Å². The first-order valence-electron chi connectivity index (χ1n) is 24.2. The van der Waals surface area contributed by atoms with Gasteiger partial charge in [-0.15, -0.1) is 0 Å². The van der Waals surface area contributed by atoms with Gasteiger partial charge in [0.05, 0.1) is 53.6 Å². The van der Waals surface area contributed by atoms with Gasteiger partial charge in [0.25, 0.3) is 0 Å². The van der Waals surface area contributed by atoms with Crippen LogP contribution in [0.4, 0.5) is 0 Å². The van der Waals surface area contributed by atoms with E-state index in [2.05, 4.69) is 48.1 Å². The average Bonchev–Trinajstić information content (AvgIpc) is 4.02. The van der Waals surface area contributed by atoms with E-state index in [0.29, 0.717) is 86.7 Å². The fraction of sp³-hybridized carbons (Fsp3) is 0.545. The lowest BCUT2D eigenvalue weighted by Gasteiger charge is -2.20. The highest BCUT2D eigenvalue weighted by atomic mass is 16.5. The SMILES string of the molecule is C=CC1=C(C)C2=CC3=NC(=C4C5=NC(=CC6=NC(=CC1=N2)C(CO)=C6CC)C(C)=C5C(=O)[C@@H]4C(=O)OC)[C@@H](CCC(=O)OCC=C(C)CCC[C@H](C)CCC[C@H](C)CCCC(C)C)[C@@H]3C. The lowest BCUT2D eigenvalue weighted by molar-refractivity contribution is -0.146. The Kier molecular flexibility index (Phi) is 16.6. The van der Waals surface area contributed by atoms with E-state index in [0.717, 1.165) is 41.4 Å². The van der Waals surface area contributed by atoms with Crippen LogP contribution >= 0.6 is 0 Å². The zero-order valence-electron chi connectivity index (χ0n) is 40.7. The molecule has 0 unspecified atom stereocenters. The summed E-state index contributed by atoms with van der Waals surface area (Å²) in [6.45, 7) is 23.5. The number of ether oxygens (including phenoxy) is 2. The molecule has 10 nitrogen and oxygen atoms in total. The summed E-state index contributed by atoms with van der Waals surface area (Å²) in [5.41, 5.74) is 10.7. The molecule has 0 amide bonds. The fourth-order valence-electron chi connectivity index (χ4n) is 10.1. The van der Waals surface area contributed by atoms with E-state index in [1.54, 1.807) is 6.08 Å². The van der Waals surface area contributed by atoms with Crippen LogP contribution in [0.1, 0.15) is 139 Å². The van der Waals surface area contributed by atoms with Crippen molar-refractivity contribution in [2.45, 2.75) is 139 Å².